The van der Waals surface area contributed by atoms with E-state index < -0.39 is 23.1 Å². The van der Waals surface area contributed by atoms with E-state index in [0.717, 1.165) is 21.9 Å². The largest absolute Gasteiger partial charge is 0.389 e. The number of aliphatic hydroxyl groups is 3. The Bertz CT molecular complexity index is 801. The maximum absolute atomic E-state index is 11.9. The molecule has 2 aliphatic carbocycles. The normalized spacial score (nSPS) is 30.5. The summed E-state index contributed by atoms with van der Waals surface area (Å²) in [5.41, 5.74) is 2.96. The van der Waals surface area contributed by atoms with Crippen LogP contribution in [0.1, 0.15) is 45.7 Å². The standard InChI is InChI=1S/C17H15BrO4/c18-14-16(21)13-10-3-2-9-7(5-6-12(9)19)8(10)1-4-11(13)15(20)17(14)22/h1-4,14-17,20-22H,5-6H2/t14-,15-,16+,17-/m1/s1. The van der Waals surface area contributed by atoms with Crippen LogP contribution in [0.3, 0.4) is 0 Å². The fourth-order valence-electron chi connectivity index (χ4n) is 3.70. The van der Waals surface area contributed by atoms with E-state index in [1.54, 1.807) is 12.1 Å². The van der Waals surface area contributed by atoms with Crippen LogP contribution in [-0.4, -0.2) is 32.0 Å². The molecule has 3 N–H and O–H groups in total. The van der Waals surface area contributed by atoms with Gasteiger partial charge in [0, 0.05) is 12.0 Å². The molecule has 5 heteroatoms. The van der Waals surface area contributed by atoms with Crippen LogP contribution >= 0.6 is 15.9 Å². The minimum atomic E-state index is -1.06. The SMILES string of the molecule is O=C1CCc2c1ccc1c3c(ccc21)[C@@H](O)[C@H](O)[C@H](Br)[C@H]3O. The summed E-state index contributed by atoms with van der Waals surface area (Å²) in [7, 11) is 0. The van der Waals surface area contributed by atoms with Gasteiger partial charge in [-0.3, -0.25) is 4.79 Å². The van der Waals surface area contributed by atoms with Crippen LogP contribution in [0.25, 0.3) is 10.8 Å². The molecule has 0 amide bonds. The van der Waals surface area contributed by atoms with Crippen molar-refractivity contribution in [3.05, 3.63) is 46.5 Å². The van der Waals surface area contributed by atoms with Gasteiger partial charge in [-0.05, 0) is 33.9 Å². The number of fused-ring (bicyclic) bond motifs is 5. The first-order valence-electron chi connectivity index (χ1n) is 7.30. The molecule has 0 saturated carbocycles. The van der Waals surface area contributed by atoms with Gasteiger partial charge in [0.15, 0.2) is 5.78 Å². The van der Waals surface area contributed by atoms with Crippen molar-refractivity contribution in [1.29, 1.82) is 0 Å². The summed E-state index contributed by atoms with van der Waals surface area (Å²) in [5.74, 6) is 0.156. The second kappa shape index (κ2) is 4.86. The first kappa shape index (κ1) is 14.3. The molecule has 0 spiro atoms. The van der Waals surface area contributed by atoms with Gasteiger partial charge in [0.25, 0.3) is 0 Å². The first-order valence-corrected chi connectivity index (χ1v) is 8.22. The Hall–Kier alpha value is -1.27. The highest BCUT2D eigenvalue weighted by Gasteiger charge is 2.40. The zero-order chi connectivity index (χ0) is 15.6. The third-order valence-electron chi connectivity index (χ3n) is 4.86. The van der Waals surface area contributed by atoms with Crippen molar-refractivity contribution >= 4 is 32.5 Å². The molecule has 0 unspecified atom stereocenters. The molecule has 0 radical (unpaired) electrons. The third kappa shape index (κ3) is 1.77. The molecule has 0 heterocycles. The van der Waals surface area contributed by atoms with Gasteiger partial charge in [0.2, 0.25) is 0 Å². The van der Waals surface area contributed by atoms with E-state index in [9.17, 15) is 20.1 Å². The Labute approximate surface area is 135 Å². The number of aryl methyl sites for hydroxylation is 1. The van der Waals surface area contributed by atoms with Crippen LogP contribution < -0.4 is 0 Å². The average Bonchev–Trinajstić information content (AvgIpc) is 2.91. The van der Waals surface area contributed by atoms with Gasteiger partial charge in [0.05, 0.1) is 17.0 Å². The zero-order valence-corrected chi connectivity index (χ0v) is 13.2. The van der Waals surface area contributed by atoms with Crippen LogP contribution in [-0.2, 0) is 6.42 Å². The highest BCUT2D eigenvalue weighted by atomic mass is 79.9. The molecular weight excluding hydrogens is 348 g/mol. The average molecular weight is 363 g/mol. The van der Waals surface area contributed by atoms with Gasteiger partial charge in [-0.1, -0.05) is 40.2 Å². The van der Waals surface area contributed by atoms with E-state index in [1.807, 2.05) is 12.1 Å². The molecule has 2 aromatic carbocycles. The van der Waals surface area contributed by atoms with Crippen molar-refractivity contribution in [2.24, 2.45) is 0 Å². The quantitative estimate of drug-likeness (QED) is 0.627. The molecular formula is C17H15BrO4. The molecule has 0 aliphatic heterocycles. The Morgan fingerprint density at radius 2 is 1.68 bits per heavy atom. The van der Waals surface area contributed by atoms with Gasteiger partial charge in [0.1, 0.15) is 6.10 Å². The Morgan fingerprint density at radius 1 is 0.955 bits per heavy atom. The van der Waals surface area contributed by atoms with Gasteiger partial charge < -0.3 is 15.3 Å². The number of hydrogen-bond donors (Lipinski definition) is 3. The lowest BCUT2D eigenvalue weighted by Crippen LogP contribution is -2.38. The topological polar surface area (TPSA) is 77.8 Å². The summed E-state index contributed by atoms with van der Waals surface area (Å²) in [6, 6.07) is 7.27. The van der Waals surface area contributed by atoms with Crippen LogP contribution in [0.2, 0.25) is 0 Å². The third-order valence-corrected chi connectivity index (χ3v) is 5.90. The number of rotatable bonds is 0. The number of Topliss-reactive ketones (excluding diaryl/α,β-unsaturated/α-hetero) is 1. The minimum absolute atomic E-state index is 0.156. The van der Waals surface area contributed by atoms with Crippen molar-refractivity contribution in [2.45, 2.75) is 36.0 Å². The number of hydrogen-bond acceptors (Lipinski definition) is 4. The number of ketones is 1. The molecule has 0 aromatic heterocycles. The highest BCUT2D eigenvalue weighted by molar-refractivity contribution is 9.09. The summed E-state index contributed by atoms with van der Waals surface area (Å²) in [5, 5.41) is 32.6. The van der Waals surface area contributed by atoms with E-state index in [0.29, 0.717) is 24.0 Å². The second-order valence-electron chi connectivity index (χ2n) is 6.00. The van der Waals surface area contributed by atoms with E-state index in [1.165, 1.54) is 0 Å². The summed E-state index contributed by atoms with van der Waals surface area (Å²) in [6.45, 7) is 0. The van der Waals surface area contributed by atoms with Crippen LogP contribution in [0.4, 0.5) is 0 Å². The first-order chi connectivity index (χ1) is 10.5. The van der Waals surface area contributed by atoms with Gasteiger partial charge in [-0.2, -0.15) is 0 Å². The van der Waals surface area contributed by atoms with Crippen molar-refractivity contribution in [3.63, 3.8) is 0 Å². The summed E-state index contributed by atoms with van der Waals surface area (Å²) in [4.78, 5) is 11.3. The molecule has 0 fully saturated rings. The maximum Gasteiger partial charge on any atom is 0.163 e. The van der Waals surface area contributed by atoms with Crippen LogP contribution in [0, 0.1) is 0 Å². The molecule has 0 bridgehead atoms. The number of aliphatic hydroxyl groups excluding tert-OH is 3. The Kier molecular flexibility index (Phi) is 3.17. The highest BCUT2D eigenvalue weighted by Crippen LogP contribution is 2.44. The number of halogens is 1. The fourth-order valence-corrected chi connectivity index (χ4v) is 4.26. The molecule has 2 aromatic rings. The molecule has 4 atom stereocenters. The van der Waals surface area contributed by atoms with Gasteiger partial charge in [-0.25, -0.2) is 0 Å². The molecule has 22 heavy (non-hydrogen) atoms. The number of carbonyl (C=O) groups is 1. The monoisotopic (exact) mass is 362 g/mol. The van der Waals surface area contributed by atoms with Crippen molar-refractivity contribution in [1.82, 2.24) is 0 Å². The van der Waals surface area contributed by atoms with E-state index in [2.05, 4.69) is 15.9 Å². The summed E-state index contributed by atoms with van der Waals surface area (Å²) in [6.07, 6.45) is -1.77. The number of benzene rings is 2. The molecule has 2 aliphatic rings. The van der Waals surface area contributed by atoms with Crippen molar-refractivity contribution in [2.75, 3.05) is 0 Å². The predicted octanol–water partition coefficient (Wildman–Crippen LogP) is 2.17. The summed E-state index contributed by atoms with van der Waals surface area (Å²) >= 11 is 3.27. The smallest absolute Gasteiger partial charge is 0.163 e. The molecule has 4 rings (SSSR count). The maximum atomic E-state index is 11.9. The fraction of sp³-hybridized carbons (Fsp3) is 0.353. The Balaban J connectivity index is 2.04. The predicted molar refractivity (Wildman–Crippen MR) is 85.2 cm³/mol. The van der Waals surface area contributed by atoms with Crippen LogP contribution in [0.5, 0.6) is 0 Å². The van der Waals surface area contributed by atoms with Crippen molar-refractivity contribution in [3.8, 4) is 0 Å². The van der Waals surface area contributed by atoms with E-state index >= 15 is 0 Å². The molecule has 4 nitrogen and oxygen atoms in total. The van der Waals surface area contributed by atoms with Crippen molar-refractivity contribution < 1.29 is 20.1 Å². The zero-order valence-electron chi connectivity index (χ0n) is 11.7. The number of alkyl halides is 1. The Morgan fingerprint density at radius 3 is 2.45 bits per heavy atom. The van der Waals surface area contributed by atoms with E-state index in [4.69, 9.17) is 0 Å². The lowest BCUT2D eigenvalue weighted by atomic mass is 9.81. The minimum Gasteiger partial charge on any atom is -0.389 e. The lowest BCUT2D eigenvalue weighted by molar-refractivity contribution is -0.0205. The molecule has 0 saturated heterocycles. The van der Waals surface area contributed by atoms with Crippen LogP contribution in [0.15, 0.2) is 24.3 Å². The summed E-state index contributed by atoms with van der Waals surface area (Å²) < 4.78 is 0. The lowest BCUT2D eigenvalue weighted by Gasteiger charge is -2.35. The van der Waals surface area contributed by atoms with Gasteiger partial charge in [-0.15, -0.1) is 0 Å². The molecule has 114 valence electrons. The van der Waals surface area contributed by atoms with E-state index in [-0.39, 0.29) is 5.78 Å². The number of carbonyl (C=O) groups excluding carboxylic acids is 1. The second-order valence-corrected chi connectivity index (χ2v) is 7.06. The van der Waals surface area contributed by atoms with Gasteiger partial charge >= 0.3 is 0 Å².